The number of ether oxygens (including phenoxy) is 2. The molecule has 1 aliphatic heterocycles. The molecule has 0 saturated heterocycles. The van der Waals surface area contributed by atoms with Gasteiger partial charge >= 0.3 is 0 Å². The Balaban J connectivity index is 1.66. The molecule has 1 heterocycles. The molecule has 0 spiro atoms. The number of anilines is 1. The van der Waals surface area contributed by atoms with Crippen LogP contribution in [-0.2, 0) is 11.2 Å². The van der Waals surface area contributed by atoms with E-state index in [-0.39, 0.29) is 18.1 Å². The standard InChI is InChI=1S/C19H20FNO3/c1-12-7-8-14(20)9-15(12)21-17(22)11-23-16-6-4-5-13-10-19(2,3)24-18(13)16/h4-9H,10-11H2,1-3H3,(H,21,22). The van der Waals surface area contributed by atoms with Gasteiger partial charge < -0.3 is 14.8 Å². The largest absolute Gasteiger partial charge is 0.483 e. The maximum Gasteiger partial charge on any atom is 0.262 e. The summed E-state index contributed by atoms with van der Waals surface area (Å²) in [5.74, 6) is 0.494. The maximum absolute atomic E-state index is 13.3. The van der Waals surface area contributed by atoms with Crippen molar-refractivity contribution in [3.63, 3.8) is 0 Å². The molecule has 2 aromatic carbocycles. The highest BCUT2D eigenvalue weighted by Crippen LogP contribution is 2.41. The summed E-state index contributed by atoms with van der Waals surface area (Å²) in [6, 6.07) is 9.92. The molecule has 1 N–H and O–H groups in total. The number of benzene rings is 2. The van der Waals surface area contributed by atoms with E-state index in [0.717, 1.165) is 17.5 Å². The molecule has 1 aliphatic rings. The second kappa shape index (κ2) is 6.15. The van der Waals surface area contributed by atoms with Crippen molar-refractivity contribution in [1.29, 1.82) is 0 Å². The van der Waals surface area contributed by atoms with Gasteiger partial charge in [0.25, 0.3) is 5.91 Å². The van der Waals surface area contributed by atoms with Crippen LogP contribution >= 0.6 is 0 Å². The van der Waals surface area contributed by atoms with Crippen LogP contribution in [0, 0.1) is 12.7 Å². The minimum atomic E-state index is -0.395. The van der Waals surface area contributed by atoms with Crippen molar-refractivity contribution in [2.75, 3.05) is 11.9 Å². The van der Waals surface area contributed by atoms with Gasteiger partial charge in [-0.1, -0.05) is 18.2 Å². The Hall–Kier alpha value is -2.56. The number of hydrogen-bond acceptors (Lipinski definition) is 3. The molecule has 0 radical (unpaired) electrons. The molecule has 0 unspecified atom stereocenters. The normalized spacial score (nSPS) is 14.7. The van der Waals surface area contributed by atoms with Gasteiger partial charge in [0.05, 0.1) is 0 Å². The fourth-order valence-corrected chi connectivity index (χ4v) is 2.76. The van der Waals surface area contributed by atoms with Crippen LogP contribution in [0.1, 0.15) is 25.0 Å². The molecule has 1 amide bonds. The molecule has 24 heavy (non-hydrogen) atoms. The van der Waals surface area contributed by atoms with E-state index in [0.29, 0.717) is 17.2 Å². The van der Waals surface area contributed by atoms with Crippen molar-refractivity contribution in [3.05, 3.63) is 53.3 Å². The van der Waals surface area contributed by atoms with Gasteiger partial charge in [-0.25, -0.2) is 4.39 Å². The maximum atomic E-state index is 13.3. The Morgan fingerprint density at radius 1 is 1.33 bits per heavy atom. The predicted octanol–water partition coefficient (Wildman–Crippen LogP) is 3.87. The molecule has 0 fully saturated rings. The Morgan fingerprint density at radius 3 is 2.92 bits per heavy atom. The lowest BCUT2D eigenvalue weighted by atomic mass is 10.0. The van der Waals surface area contributed by atoms with E-state index in [9.17, 15) is 9.18 Å². The fraction of sp³-hybridized carbons (Fsp3) is 0.316. The molecule has 0 saturated carbocycles. The van der Waals surface area contributed by atoms with Gasteiger partial charge in [-0.2, -0.15) is 0 Å². The topological polar surface area (TPSA) is 47.6 Å². The van der Waals surface area contributed by atoms with Gasteiger partial charge in [0.15, 0.2) is 18.1 Å². The minimum Gasteiger partial charge on any atom is -0.483 e. The van der Waals surface area contributed by atoms with Crippen molar-refractivity contribution in [2.45, 2.75) is 32.8 Å². The van der Waals surface area contributed by atoms with E-state index in [1.54, 1.807) is 19.1 Å². The first kappa shape index (κ1) is 16.3. The first-order valence-electron chi connectivity index (χ1n) is 7.84. The zero-order valence-corrected chi connectivity index (χ0v) is 14.0. The van der Waals surface area contributed by atoms with Crippen LogP contribution in [0.3, 0.4) is 0 Å². The van der Waals surface area contributed by atoms with E-state index in [4.69, 9.17) is 9.47 Å². The quantitative estimate of drug-likeness (QED) is 0.926. The SMILES string of the molecule is Cc1ccc(F)cc1NC(=O)COc1cccc2c1OC(C)(C)C2. The summed E-state index contributed by atoms with van der Waals surface area (Å²) in [4.78, 5) is 12.1. The lowest BCUT2D eigenvalue weighted by molar-refractivity contribution is -0.118. The highest BCUT2D eigenvalue weighted by Gasteiger charge is 2.32. The number of fused-ring (bicyclic) bond motifs is 1. The zero-order chi connectivity index (χ0) is 17.3. The Morgan fingerprint density at radius 2 is 2.12 bits per heavy atom. The van der Waals surface area contributed by atoms with Crippen LogP contribution in [-0.4, -0.2) is 18.1 Å². The Labute approximate surface area is 140 Å². The molecule has 5 heteroatoms. The van der Waals surface area contributed by atoms with Crippen molar-refractivity contribution >= 4 is 11.6 Å². The van der Waals surface area contributed by atoms with Crippen LogP contribution in [0.25, 0.3) is 0 Å². The van der Waals surface area contributed by atoms with Gasteiger partial charge in [-0.3, -0.25) is 4.79 Å². The second-order valence-electron chi connectivity index (χ2n) is 6.58. The summed E-state index contributed by atoms with van der Waals surface area (Å²) in [6.45, 7) is 5.65. The number of para-hydroxylation sites is 1. The molecule has 126 valence electrons. The molecule has 0 bridgehead atoms. The third-order valence-electron chi connectivity index (χ3n) is 3.89. The predicted molar refractivity (Wildman–Crippen MR) is 90.1 cm³/mol. The number of amides is 1. The summed E-state index contributed by atoms with van der Waals surface area (Å²) < 4.78 is 24.8. The molecule has 0 aromatic heterocycles. The van der Waals surface area contributed by atoms with Crippen LogP contribution in [0.5, 0.6) is 11.5 Å². The first-order chi connectivity index (χ1) is 11.3. The Kier molecular flexibility index (Phi) is 4.18. The molecule has 0 atom stereocenters. The molecular weight excluding hydrogens is 309 g/mol. The minimum absolute atomic E-state index is 0.170. The third kappa shape index (κ3) is 3.50. The lowest BCUT2D eigenvalue weighted by Crippen LogP contribution is -2.25. The van der Waals surface area contributed by atoms with Gasteiger partial charge in [0.2, 0.25) is 0 Å². The smallest absolute Gasteiger partial charge is 0.262 e. The number of aryl methyl sites for hydroxylation is 1. The molecule has 2 aromatic rings. The number of halogens is 1. The van der Waals surface area contributed by atoms with E-state index in [1.807, 2.05) is 26.0 Å². The van der Waals surface area contributed by atoms with Gasteiger partial charge in [-0.15, -0.1) is 0 Å². The van der Waals surface area contributed by atoms with Gasteiger partial charge in [0.1, 0.15) is 11.4 Å². The molecule has 4 nitrogen and oxygen atoms in total. The fourth-order valence-electron chi connectivity index (χ4n) is 2.76. The van der Waals surface area contributed by atoms with Crippen molar-refractivity contribution < 1.29 is 18.7 Å². The third-order valence-corrected chi connectivity index (χ3v) is 3.89. The van der Waals surface area contributed by atoms with E-state index in [2.05, 4.69) is 5.32 Å². The van der Waals surface area contributed by atoms with Crippen LogP contribution < -0.4 is 14.8 Å². The zero-order valence-electron chi connectivity index (χ0n) is 14.0. The van der Waals surface area contributed by atoms with Gasteiger partial charge in [-0.05, 0) is 44.5 Å². The second-order valence-corrected chi connectivity index (χ2v) is 6.58. The highest BCUT2D eigenvalue weighted by molar-refractivity contribution is 5.92. The van der Waals surface area contributed by atoms with Crippen LogP contribution in [0.4, 0.5) is 10.1 Å². The summed E-state index contributed by atoms with van der Waals surface area (Å²) in [5, 5.41) is 2.66. The number of nitrogens with one attached hydrogen (secondary N) is 1. The van der Waals surface area contributed by atoms with E-state index >= 15 is 0 Å². The highest BCUT2D eigenvalue weighted by atomic mass is 19.1. The summed E-state index contributed by atoms with van der Waals surface area (Å²) in [5.41, 5.74) is 2.02. The van der Waals surface area contributed by atoms with Crippen LogP contribution in [0.15, 0.2) is 36.4 Å². The average molecular weight is 329 g/mol. The Bertz CT molecular complexity index is 786. The van der Waals surface area contributed by atoms with E-state index < -0.39 is 5.82 Å². The molecular formula is C19H20FNO3. The first-order valence-corrected chi connectivity index (χ1v) is 7.84. The monoisotopic (exact) mass is 329 g/mol. The van der Waals surface area contributed by atoms with Gasteiger partial charge in [0, 0.05) is 17.7 Å². The lowest BCUT2D eigenvalue weighted by Gasteiger charge is -2.18. The number of rotatable bonds is 4. The molecule has 3 rings (SSSR count). The van der Waals surface area contributed by atoms with Crippen molar-refractivity contribution in [3.8, 4) is 11.5 Å². The summed E-state index contributed by atoms with van der Waals surface area (Å²) >= 11 is 0. The summed E-state index contributed by atoms with van der Waals surface area (Å²) in [7, 11) is 0. The van der Waals surface area contributed by atoms with E-state index in [1.165, 1.54) is 12.1 Å². The number of carbonyl (C=O) groups excluding carboxylic acids is 1. The van der Waals surface area contributed by atoms with Crippen molar-refractivity contribution in [2.24, 2.45) is 0 Å². The van der Waals surface area contributed by atoms with Crippen LogP contribution in [0.2, 0.25) is 0 Å². The summed E-state index contributed by atoms with van der Waals surface area (Å²) in [6.07, 6.45) is 0.800. The number of carbonyl (C=O) groups is 1. The van der Waals surface area contributed by atoms with Crippen molar-refractivity contribution in [1.82, 2.24) is 0 Å². The number of hydrogen-bond donors (Lipinski definition) is 1. The average Bonchev–Trinajstić information content (AvgIpc) is 2.83. The molecule has 0 aliphatic carbocycles.